The summed E-state index contributed by atoms with van der Waals surface area (Å²) in [6.07, 6.45) is 7.33. The first-order chi connectivity index (χ1) is 11.8. The zero-order valence-corrected chi connectivity index (χ0v) is 15.0. The van der Waals surface area contributed by atoms with Gasteiger partial charge in [-0.2, -0.15) is 0 Å². The molecule has 2 unspecified atom stereocenters. The quantitative estimate of drug-likeness (QED) is 0.623. The molecule has 4 rings (SSSR count). The number of hydrogen-bond donors (Lipinski definition) is 0. The molecule has 2 aromatic rings. The zero-order chi connectivity index (χ0) is 16.5. The van der Waals surface area contributed by atoms with E-state index in [4.69, 9.17) is 19.6 Å². The minimum atomic E-state index is -0.0296. The van der Waals surface area contributed by atoms with Gasteiger partial charge in [-0.05, 0) is 32.4 Å². The zero-order valence-electron chi connectivity index (χ0n) is 14.1. The van der Waals surface area contributed by atoms with E-state index in [9.17, 15) is 0 Å². The summed E-state index contributed by atoms with van der Waals surface area (Å²) in [6, 6.07) is 0. The Labute approximate surface area is 145 Å². The van der Waals surface area contributed by atoms with Crippen molar-refractivity contribution in [3.8, 4) is 0 Å². The molecule has 0 saturated carbocycles. The second-order valence-electron chi connectivity index (χ2n) is 6.31. The third kappa shape index (κ3) is 2.98. The minimum Gasteiger partial charge on any atom is -0.375 e. The maximum Gasteiger partial charge on any atom is 0.189 e. The first-order valence-electron chi connectivity index (χ1n) is 8.53. The summed E-state index contributed by atoms with van der Waals surface area (Å²) in [5, 5.41) is 6.66. The Balaban J connectivity index is 1.78. The van der Waals surface area contributed by atoms with E-state index in [2.05, 4.69) is 16.8 Å². The second-order valence-corrected chi connectivity index (χ2v) is 7.08. The van der Waals surface area contributed by atoms with E-state index in [0.29, 0.717) is 0 Å². The number of morpholine rings is 1. The molecule has 0 N–H and O–H groups in total. The van der Waals surface area contributed by atoms with Gasteiger partial charge in [0.2, 0.25) is 0 Å². The summed E-state index contributed by atoms with van der Waals surface area (Å²) >= 11 is 1.55. The average Bonchev–Trinajstić information content (AvgIpc) is 3.01. The van der Waals surface area contributed by atoms with E-state index >= 15 is 0 Å². The molecule has 4 heterocycles. The van der Waals surface area contributed by atoms with Crippen LogP contribution in [-0.2, 0) is 9.47 Å². The Hall–Kier alpha value is -1.38. The standard InChI is InChI=1S/C16H23N5O2S/c1-11-10-20(6-8-22-11)15-12-9-17-16(24-2)18-14(12)21(19-15)13-5-3-4-7-23-13/h9,11,13H,3-8,10H2,1-2H3. The molecule has 0 bridgehead atoms. The molecule has 24 heavy (non-hydrogen) atoms. The highest BCUT2D eigenvalue weighted by Crippen LogP contribution is 2.32. The summed E-state index contributed by atoms with van der Waals surface area (Å²) in [7, 11) is 0. The largest absolute Gasteiger partial charge is 0.375 e. The molecular formula is C16H23N5O2S. The third-order valence-electron chi connectivity index (χ3n) is 4.56. The van der Waals surface area contributed by atoms with Crippen molar-refractivity contribution in [2.75, 3.05) is 37.5 Å². The molecule has 2 aliphatic heterocycles. The van der Waals surface area contributed by atoms with E-state index < -0.39 is 0 Å². The van der Waals surface area contributed by atoms with Gasteiger partial charge in [0, 0.05) is 25.9 Å². The number of aromatic nitrogens is 4. The van der Waals surface area contributed by atoms with Crippen molar-refractivity contribution in [2.24, 2.45) is 0 Å². The summed E-state index contributed by atoms with van der Waals surface area (Å²) in [4.78, 5) is 11.5. The summed E-state index contributed by atoms with van der Waals surface area (Å²) in [5.41, 5.74) is 0.871. The lowest BCUT2D eigenvalue weighted by atomic mass is 10.2. The number of anilines is 1. The average molecular weight is 349 g/mol. The first kappa shape index (κ1) is 16.1. The highest BCUT2D eigenvalue weighted by Gasteiger charge is 2.27. The van der Waals surface area contributed by atoms with Gasteiger partial charge in [-0.15, -0.1) is 5.10 Å². The molecule has 0 aromatic carbocycles. The van der Waals surface area contributed by atoms with Gasteiger partial charge in [0.15, 0.2) is 22.8 Å². The first-order valence-corrected chi connectivity index (χ1v) is 9.76. The molecule has 0 radical (unpaired) electrons. The number of hydrogen-bond acceptors (Lipinski definition) is 7. The van der Waals surface area contributed by atoms with Gasteiger partial charge < -0.3 is 14.4 Å². The number of thioether (sulfide) groups is 1. The summed E-state index contributed by atoms with van der Waals surface area (Å²) in [5.74, 6) is 0.946. The maximum atomic E-state index is 5.96. The van der Waals surface area contributed by atoms with Gasteiger partial charge in [0.05, 0.1) is 18.1 Å². The van der Waals surface area contributed by atoms with Crippen molar-refractivity contribution < 1.29 is 9.47 Å². The van der Waals surface area contributed by atoms with Crippen LogP contribution in [0.5, 0.6) is 0 Å². The second kappa shape index (κ2) is 6.85. The molecular weight excluding hydrogens is 326 g/mol. The van der Waals surface area contributed by atoms with Crippen molar-refractivity contribution in [1.29, 1.82) is 0 Å². The van der Waals surface area contributed by atoms with Gasteiger partial charge in [-0.3, -0.25) is 0 Å². The molecule has 2 fully saturated rings. The Kier molecular flexibility index (Phi) is 4.60. The molecule has 2 aliphatic rings. The number of nitrogens with zero attached hydrogens (tertiary/aromatic N) is 5. The normalized spacial score (nSPS) is 25.3. The van der Waals surface area contributed by atoms with Crippen LogP contribution in [0.25, 0.3) is 11.0 Å². The van der Waals surface area contributed by atoms with E-state index in [1.54, 1.807) is 11.8 Å². The van der Waals surface area contributed by atoms with Gasteiger partial charge in [0.25, 0.3) is 0 Å². The predicted molar refractivity (Wildman–Crippen MR) is 93.6 cm³/mol. The SMILES string of the molecule is CSc1ncc2c(N3CCOC(C)C3)nn(C3CCCCO3)c2n1. The molecule has 8 heteroatoms. The number of rotatable bonds is 3. The van der Waals surface area contributed by atoms with E-state index in [-0.39, 0.29) is 12.3 Å². The molecule has 2 saturated heterocycles. The van der Waals surface area contributed by atoms with Crippen LogP contribution in [0.1, 0.15) is 32.4 Å². The lowest BCUT2D eigenvalue weighted by molar-refractivity contribution is -0.0370. The Morgan fingerprint density at radius 2 is 2.17 bits per heavy atom. The fourth-order valence-electron chi connectivity index (χ4n) is 3.35. The van der Waals surface area contributed by atoms with E-state index in [1.807, 2.05) is 17.1 Å². The number of ether oxygens (including phenoxy) is 2. The lowest BCUT2D eigenvalue weighted by Gasteiger charge is -2.31. The molecule has 130 valence electrons. The van der Waals surface area contributed by atoms with Gasteiger partial charge in [0.1, 0.15) is 0 Å². The molecule has 2 aromatic heterocycles. The van der Waals surface area contributed by atoms with Crippen LogP contribution < -0.4 is 4.90 Å². The van der Waals surface area contributed by atoms with Crippen molar-refractivity contribution in [3.63, 3.8) is 0 Å². The van der Waals surface area contributed by atoms with E-state index in [1.165, 1.54) is 0 Å². The van der Waals surface area contributed by atoms with Crippen LogP contribution in [0.4, 0.5) is 5.82 Å². The van der Waals surface area contributed by atoms with Gasteiger partial charge in [-0.25, -0.2) is 14.6 Å². The van der Waals surface area contributed by atoms with Crippen molar-refractivity contribution in [1.82, 2.24) is 19.7 Å². The van der Waals surface area contributed by atoms with Crippen molar-refractivity contribution in [2.45, 2.75) is 43.7 Å². The fourth-order valence-corrected chi connectivity index (χ4v) is 3.69. The highest BCUT2D eigenvalue weighted by atomic mass is 32.2. The van der Waals surface area contributed by atoms with Crippen LogP contribution >= 0.6 is 11.8 Å². The topological polar surface area (TPSA) is 65.3 Å². The fraction of sp³-hybridized carbons (Fsp3) is 0.688. The van der Waals surface area contributed by atoms with Crippen LogP contribution in [-0.4, -0.2) is 58.4 Å². The van der Waals surface area contributed by atoms with Gasteiger partial charge in [-0.1, -0.05) is 11.8 Å². The summed E-state index contributed by atoms with van der Waals surface area (Å²) in [6.45, 7) is 5.28. The van der Waals surface area contributed by atoms with Crippen molar-refractivity contribution in [3.05, 3.63) is 6.20 Å². The highest BCUT2D eigenvalue weighted by molar-refractivity contribution is 7.98. The lowest BCUT2D eigenvalue weighted by Crippen LogP contribution is -2.41. The Morgan fingerprint density at radius 1 is 1.25 bits per heavy atom. The molecule has 0 spiro atoms. The van der Waals surface area contributed by atoms with Crippen molar-refractivity contribution >= 4 is 28.6 Å². The van der Waals surface area contributed by atoms with Crippen LogP contribution in [0, 0.1) is 0 Å². The Morgan fingerprint density at radius 3 is 2.92 bits per heavy atom. The molecule has 0 amide bonds. The summed E-state index contributed by atoms with van der Waals surface area (Å²) < 4.78 is 13.6. The Bertz CT molecular complexity index is 716. The maximum absolute atomic E-state index is 5.96. The molecule has 7 nitrogen and oxygen atoms in total. The minimum absolute atomic E-state index is 0.0296. The molecule has 2 atom stereocenters. The van der Waals surface area contributed by atoms with Gasteiger partial charge >= 0.3 is 0 Å². The third-order valence-corrected chi connectivity index (χ3v) is 5.12. The molecule has 0 aliphatic carbocycles. The smallest absolute Gasteiger partial charge is 0.189 e. The van der Waals surface area contributed by atoms with Crippen LogP contribution in [0.3, 0.4) is 0 Å². The predicted octanol–water partition coefficient (Wildman–Crippen LogP) is 2.47. The monoisotopic (exact) mass is 349 g/mol. The number of fused-ring (bicyclic) bond motifs is 1. The van der Waals surface area contributed by atoms with E-state index in [0.717, 1.165) is 67.6 Å². The van der Waals surface area contributed by atoms with Crippen LogP contribution in [0.2, 0.25) is 0 Å². The van der Waals surface area contributed by atoms with Crippen LogP contribution in [0.15, 0.2) is 11.4 Å².